The topological polar surface area (TPSA) is 20.3 Å². The Hall–Kier alpha value is -0.960. The molecule has 0 aliphatic carbocycles. The number of amides is 1. The Morgan fingerprint density at radius 2 is 1.88 bits per heavy atom. The van der Waals surface area contributed by atoms with Crippen LogP contribution in [0.1, 0.15) is 38.8 Å². The molecular weight excluding hydrogens is 218 g/mol. The highest BCUT2D eigenvalue weighted by Gasteiger charge is 2.39. The number of rotatable bonds is 2. The quantitative estimate of drug-likeness (QED) is 0.578. The molecule has 1 fully saturated rings. The molecule has 16 heavy (non-hydrogen) atoms. The fourth-order valence-electron chi connectivity index (χ4n) is 1.74. The third kappa shape index (κ3) is 2.40. The molecule has 2 nitrogen and oxygen atoms in total. The Balaban J connectivity index is 2.11. The molecule has 2 rings (SSSR count). The molecule has 86 valence electrons. The van der Waals surface area contributed by atoms with Crippen LogP contribution < -0.4 is 0 Å². The van der Waals surface area contributed by atoms with Crippen molar-refractivity contribution in [3.05, 3.63) is 35.9 Å². The van der Waals surface area contributed by atoms with Gasteiger partial charge in [0.2, 0.25) is 5.91 Å². The van der Waals surface area contributed by atoms with E-state index in [1.54, 1.807) is 11.9 Å². The second-order valence-electron chi connectivity index (χ2n) is 5.05. The van der Waals surface area contributed by atoms with Crippen molar-refractivity contribution in [1.29, 1.82) is 0 Å². The monoisotopic (exact) mass is 235 g/mol. The molecule has 1 aliphatic heterocycles. The number of hydrogen-bond donors (Lipinski definition) is 0. The average Bonchev–Trinajstić information content (AvgIpc) is 2.23. The standard InChI is InChI=1S/C13H17NOS/c1-13(2,3)16-14-11(9-12(14)15)10-7-5-4-6-8-10/h4-8,11H,9H2,1-3H3. The van der Waals surface area contributed by atoms with E-state index in [2.05, 4.69) is 32.9 Å². The highest BCUT2D eigenvalue weighted by atomic mass is 32.2. The molecule has 3 heteroatoms. The third-order valence-corrected chi connectivity index (χ3v) is 3.66. The lowest BCUT2D eigenvalue weighted by Gasteiger charge is -2.42. The number of hydrogen-bond acceptors (Lipinski definition) is 2. The fraction of sp³-hybridized carbons (Fsp3) is 0.462. The molecule has 1 heterocycles. The maximum atomic E-state index is 11.6. The minimum Gasteiger partial charge on any atom is -0.278 e. The Labute approximate surface area is 101 Å². The maximum absolute atomic E-state index is 11.6. The van der Waals surface area contributed by atoms with E-state index < -0.39 is 0 Å². The summed E-state index contributed by atoms with van der Waals surface area (Å²) in [6.07, 6.45) is 0.646. The second-order valence-corrected chi connectivity index (χ2v) is 6.85. The van der Waals surface area contributed by atoms with Crippen LogP contribution >= 0.6 is 11.9 Å². The van der Waals surface area contributed by atoms with Gasteiger partial charge in [-0.3, -0.25) is 9.10 Å². The Morgan fingerprint density at radius 1 is 1.25 bits per heavy atom. The molecule has 1 aromatic rings. The van der Waals surface area contributed by atoms with Gasteiger partial charge in [0.15, 0.2) is 0 Å². The van der Waals surface area contributed by atoms with Gasteiger partial charge >= 0.3 is 0 Å². The lowest BCUT2D eigenvalue weighted by atomic mass is 9.97. The van der Waals surface area contributed by atoms with Crippen molar-refractivity contribution in [3.63, 3.8) is 0 Å². The SMILES string of the molecule is CC(C)(C)SN1C(=O)CC1c1ccccc1. The molecule has 0 bridgehead atoms. The normalized spacial score (nSPS) is 20.8. The first-order valence-corrected chi connectivity index (χ1v) is 6.31. The highest BCUT2D eigenvalue weighted by molar-refractivity contribution is 7.98. The molecular formula is C13H17NOS. The summed E-state index contributed by atoms with van der Waals surface area (Å²) in [4.78, 5) is 11.6. The maximum Gasteiger partial charge on any atom is 0.235 e. The summed E-state index contributed by atoms with van der Waals surface area (Å²) in [6, 6.07) is 10.5. The summed E-state index contributed by atoms with van der Waals surface area (Å²) in [5.74, 6) is 0.244. The van der Waals surface area contributed by atoms with Gasteiger partial charge in [0, 0.05) is 4.75 Å². The van der Waals surface area contributed by atoms with E-state index in [0.717, 1.165) is 0 Å². The Bertz CT molecular complexity index is 383. The summed E-state index contributed by atoms with van der Waals surface area (Å²) in [5.41, 5.74) is 1.24. The van der Waals surface area contributed by atoms with Crippen LogP contribution in [0.25, 0.3) is 0 Å². The number of carbonyl (C=O) groups is 1. The molecule has 1 aliphatic rings. The predicted molar refractivity (Wildman–Crippen MR) is 68.0 cm³/mol. The van der Waals surface area contributed by atoms with Gasteiger partial charge in [-0.2, -0.15) is 0 Å². The first kappa shape index (κ1) is 11.5. The van der Waals surface area contributed by atoms with Crippen molar-refractivity contribution in [3.8, 4) is 0 Å². The number of carbonyl (C=O) groups excluding carboxylic acids is 1. The number of nitrogens with zero attached hydrogens (tertiary/aromatic N) is 1. The zero-order valence-electron chi connectivity index (χ0n) is 9.93. The highest BCUT2D eigenvalue weighted by Crippen LogP contribution is 2.43. The number of β-lactam (4-membered cyclic amide) rings is 1. The van der Waals surface area contributed by atoms with Crippen molar-refractivity contribution in [2.45, 2.75) is 38.0 Å². The molecule has 0 radical (unpaired) electrons. The molecule has 1 unspecified atom stereocenters. The first-order valence-electron chi connectivity index (χ1n) is 5.53. The van der Waals surface area contributed by atoms with Crippen molar-refractivity contribution in [1.82, 2.24) is 4.31 Å². The third-order valence-electron chi connectivity index (χ3n) is 2.45. The largest absolute Gasteiger partial charge is 0.278 e. The lowest BCUT2D eigenvalue weighted by Crippen LogP contribution is -2.43. The average molecular weight is 235 g/mol. The molecule has 0 aromatic heterocycles. The van der Waals surface area contributed by atoms with Gasteiger partial charge in [-0.05, 0) is 38.3 Å². The summed E-state index contributed by atoms with van der Waals surface area (Å²) >= 11 is 1.64. The molecule has 0 N–H and O–H groups in total. The molecule has 1 saturated heterocycles. The van der Waals surface area contributed by atoms with Gasteiger partial charge in [-0.25, -0.2) is 0 Å². The Kier molecular flexibility index (Phi) is 2.98. The van der Waals surface area contributed by atoms with E-state index in [9.17, 15) is 4.79 Å². The van der Waals surface area contributed by atoms with Crippen LogP contribution in [0.2, 0.25) is 0 Å². The van der Waals surface area contributed by atoms with Crippen LogP contribution in [0.15, 0.2) is 30.3 Å². The first-order chi connectivity index (χ1) is 7.47. The lowest BCUT2D eigenvalue weighted by molar-refractivity contribution is -0.137. The van der Waals surface area contributed by atoms with Gasteiger partial charge in [0.1, 0.15) is 0 Å². The van der Waals surface area contributed by atoms with Crippen LogP contribution in [0, 0.1) is 0 Å². The van der Waals surface area contributed by atoms with E-state index in [0.29, 0.717) is 6.42 Å². The van der Waals surface area contributed by atoms with Crippen LogP contribution in [-0.2, 0) is 4.79 Å². The van der Waals surface area contributed by atoms with Gasteiger partial charge in [0.25, 0.3) is 0 Å². The van der Waals surface area contributed by atoms with E-state index in [1.165, 1.54) is 5.56 Å². The molecule has 0 spiro atoms. The van der Waals surface area contributed by atoms with Crippen molar-refractivity contribution >= 4 is 17.9 Å². The van der Waals surface area contributed by atoms with Crippen LogP contribution in [-0.4, -0.2) is 15.0 Å². The zero-order chi connectivity index (χ0) is 11.8. The van der Waals surface area contributed by atoms with Crippen molar-refractivity contribution in [2.75, 3.05) is 0 Å². The van der Waals surface area contributed by atoms with E-state index in [4.69, 9.17) is 0 Å². The minimum atomic E-state index is 0.0864. The van der Waals surface area contributed by atoms with Crippen molar-refractivity contribution < 1.29 is 4.79 Å². The molecule has 1 aromatic carbocycles. The Morgan fingerprint density at radius 3 is 2.38 bits per heavy atom. The molecule has 1 amide bonds. The summed E-state index contributed by atoms with van der Waals surface area (Å²) in [6.45, 7) is 6.39. The zero-order valence-corrected chi connectivity index (χ0v) is 10.8. The van der Waals surface area contributed by atoms with E-state index in [1.807, 2.05) is 22.5 Å². The smallest absolute Gasteiger partial charge is 0.235 e. The number of benzene rings is 1. The van der Waals surface area contributed by atoms with Crippen LogP contribution in [0.5, 0.6) is 0 Å². The van der Waals surface area contributed by atoms with Gasteiger partial charge < -0.3 is 0 Å². The summed E-state index contributed by atoms with van der Waals surface area (Å²) in [7, 11) is 0. The molecule has 1 atom stereocenters. The second kappa shape index (κ2) is 4.13. The minimum absolute atomic E-state index is 0.0864. The van der Waals surface area contributed by atoms with E-state index in [-0.39, 0.29) is 16.7 Å². The van der Waals surface area contributed by atoms with Gasteiger partial charge in [0.05, 0.1) is 12.5 Å². The van der Waals surface area contributed by atoms with Crippen molar-refractivity contribution in [2.24, 2.45) is 0 Å². The van der Waals surface area contributed by atoms with E-state index >= 15 is 0 Å². The van der Waals surface area contributed by atoms with Gasteiger partial charge in [-0.15, -0.1) is 0 Å². The van der Waals surface area contributed by atoms with Gasteiger partial charge in [-0.1, -0.05) is 30.3 Å². The van der Waals surface area contributed by atoms with Crippen LogP contribution in [0.4, 0.5) is 0 Å². The van der Waals surface area contributed by atoms with Crippen LogP contribution in [0.3, 0.4) is 0 Å². The fourth-order valence-corrected chi connectivity index (χ4v) is 2.83. The molecule has 0 saturated carbocycles. The predicted octanol–water partition coefficient (Wildman–Crippen LogP) is 3.41. The summed E-state index contributed by atoms with van der Waals surface area (Å²) < 4.78 is 2.00. The summed E-state index contributed by atoms with van der Waals surface area (Å²) in [5, 5.41) is 0.